The summed E-state index contributed by atoms with van der Waals surface area (Å²) in [7, 11) is 0. The minimum Gasteiger partial charge on any atom is -0.463 e. The van der Waals surface area contributed by atoms with Crippen LogP contribution in [0.15, 0.2) is 55.1 Å². The van der Waals surface area contributed by atoms with E-state index < -0.39 is 17.7 Å². The van der Waals surface area contributed by atoms with E-state index in [4.69, 9.17) is 27.9 Å². The minimum atomic E-state index is -0.597. The fraction of sp³-hybridized carbons (Fsp3) is 0.389. The van der Waals surface area contributed by atoms with Crippen molar-refractivity contribution in [2.75, 3.05) is 57.3 Å². The number of rotatable bonds is 9. The summed E-state index contributed by atoms with van der Waals surface area (Å²) in [6, 6.07) is 11.3. The van der Waals surface area contributed by atoms with Crippen LogP contribution in [0.3, 0.4) is 0 Å². The molecule has 11 heteroatoms. The molecule has 0 bridgehead atoms. The Bertz CT molecular complexity index is 1920. The number of hydrogen-bond acceptors (Lipinski definition) is 6. The fourth-order valence-corrected chi connectivity index (χ4v) is 7.32. The molecule has 3 aliphatic rings. The Balaban J connectivity index is 1.31. The molecule has 0 spiro atoms. The molecule has 3 aromatic carbocycles. The number of likely N-dealkylation sites (tertiary alicyclic amines) is 1. The zero-order chi connectivity index (χ0) is 32.7. The number of ether oxygens (including phenoxy) is 1. The van der Waals surface area contributed by atoms with Gasteiger partial charge in [-0.25, -0.2) is 15.4 Å². The van der Waals surface area contributed by atoms with Gasteiger partial charge in [0.1, 0.15) is 23.2 Å². The predicted octanol–water partition coefficient (Wildman–Crippen LogP) is 6.76. The first-order valence-corrected chi connectivity index (χ1v) is 16.4. The van der Waals surface area contributed by atoms with Gasteiger partial charge in [-0.1, -0.05) is 48.5 Å². The summed E-state index contributed by atoms with van der Waals surface area (Å²) in [5.41, 5.74) is 0.781. The van der Waals surface area contributed by atoms with Crippen LogP contribution >= 0.6 is 11.6 Å². The van der Waals surface area contributed by atoms with E-state index in [1.54, 1.807) is 35.2 Å². The molecule has 7 rings (SSSR count). The Morgan fingerprint density at radius 2 is 1.89 bits per heavy atom. The van der Waals surface area contributed by atoms with Gasteiger partial charge in [0.05, 0.1) is 11.6 Å². The van der Waals surface area contributed by atoms with E-state index in [-0.39, 0.29) is 40.0 Å². The third-order valence-electron chi connectivity index (χ3n) is 9.76. The number of fused-ring (bicyclic) bond motifs is 2. The number of carbonyl (C=O) groups is 1. The first kappa shape index (κ1) is 31.3. The van der Waals surface area contributed by atoms with Crippen LogP contribution in [0.4, 0.5) is 14.6 Å². The standard InChI is InChI=1S/C36H35ClF2N6O2/c1-3-29(46)45-18-17-44(20-24(45)19-40-2)34-27-11-10-26(25-8-6-7-23-9-12-28(38)31(37)30(23)25)32(39)33(27)41-35(42-34)47-22-36(13-14-36)21-43-15-4-5-16-43/h3,6-12,24H,1,4-5,13-22H2/t24-/m0/s1. The number of hydrogen-bond donors (Lipinski definition) is 0. The maximum absolute atomic E-state index is 16.8. The summed E-state index contributed by atoms with van der Waals surface area (Å²) < 4.78 is 37.7. The zero-order valence-electron chi connectivity index (χ0n) is 26.0. The summed E-state index contributed by atoms with van der Waals surface area (Å²) in [6.07, 6.45) is 5.79. The average molecular weight is 657 g/mol. The summed E-state index contributed by atoms with van der Waals surface area (Å²) in [5, 5.41) is 1.50. The van der Waals surface area contributed by atoms with Crippen molar-refractivity contribution in [1.82, 2.24) is 19.8 Å². The molecule has 4 aromatic rings. The van der Waals surface area contributed by atoms with E-state index in [0.717, 1.165) is 32.5 Å². The number of amides is 1. The van der Waals surface area contributed by atoms with Crippen LogP contribution < -0.4 is 9.64 Å². The molecule has 1 aromatic heterocycles. The Morgan fingerprint density at radius 3 is 2.64 bits per heavy atom. The highest BCUT2D eigenvalue weighted by molar-refractivity contribution is 6.37. The van der Waals surface area contributed by atoms with Crippen molar-refractivity contribution in [3.05, 3.63) is 83.2 Å². The Kier molecular flexibility index (Phi) is 8.45. The lowest BCUT2D eigenvalue weighted by Crippen LogP contribution is -2.56. The molecule has 0 unspecified atom stereocenters. The van der Waals surface area contributed by atoms with Crippen molar-refractivity contribution >= 4 is 45.0 Å². The lowest BCUT2D eigenvalue weighted by molar-refractivity contribution is -0.128. The van der Waals surface area contributed by atoms with Gasteiger partial charge in [-0.05, 0) is 67.9 Å². The maximum Gasteiger partial charge on any atom is 0.319 e. The molecule has 0 N–H and O–H groups in total. The number of aromatic nitrogens is 2. The molecule has 47 heavy (non-hydrogen) atoms. The second kappa shape index (κ2) is 12.7. The van der Waals surface area contributed by atoms with Crippen LogP contribution in [0.25, 0.3) is 37.6 Å². The maximum atomic E-state index is 16.8. The van der Waals surface area contributed by atoms with Crippen LogP contribution in [0.1, 0.15) is 25.7 Å². The average Bonchev–Trinajstić information content (AvgIpc) is 3.66. The largest absolute Gasteiger partial charge is 0.463 e. The van der Waals surface area contributed by atoms with Crippen molar-refractivity contribution in [1.29, 1.82) is 0 Å². The molecule has 1 amide bonds. The molecule has 242 valence electrons. The predicted molar refractivity (Wildman–Crippen MR) is 180 cm³/mol. The number of piperazine rings is 1. The SMILES string of the molecule is [C-]#[N+]C[C@H]1CN(c2nc(OCC3(CN4CCCC4)CC3)nc3c(F)c(-c4cccc5ccc(F)c(Cl)c45)ccc23)CCN1C(=O)C=C. The summed E-state index contributed by atoms with van der Waals surface area (Å²) in [4.78, 5) is 31.7. The van der Waals surface area contributed by atoms with Crippen molar-refractivity contribution < 1.29 is 18.3 Å². The smallest absolute Gasteiger partial charge is 0.319 e. The van der Waals surface area contributed by atoms with Gasteiger partial charge >= 0.3 is 6.01 Å². The van der Waals surface area contributed by atoms with E-state index in [1.807, 2.05) is 11.0 Å². The molecule has 8 nitrogen and oxygen atoms in total. The van der Waals surface area contributed by atoms with E-state index in [0.29, 0.717) is 53.8 Å². The second-order valence-corrected chi connectivity index (χ2v) is 13.2. The van der Waals surface area contributed by atoms with Crippen molar-refractivity contribution in [3.63, 3.8) is 0 Å². The highest BCUT2D eigenvalue weighted by Gasteiger charge is 2.45. The Morgan fingerprint density at radius 1 is 1.09 bits per heavy atom. The summed E-state index contributed by atoms with van der Waals surface area (Å²) in [5.74, 6) is -0.940. The summed E-state index contributed by atoms with van der Waals surface area (Å²) >= 11 is 6.43. The van der Waals surface area contributed by atoms with Crippen LogP contribution in [-0.4, -0.2) is 84.1 Å². The van der Waals surface area contributed by atoms with Gasteiger partial charge in [0.2, 0.25) is 12.5 Å². The van der Waals surface area contributed by atoms with E-state index >= 15 is 4.39 Å². The Hall–Kier alpha value is -4.33. The van der Waals surface area contributed by atoms with Gasteiger partial charge in [0.15, 0.2) is 5.82 Å². The van der Waals surface area contributed by atoms with E-state index in [1.165, 1.54) is 25.0 Å². The lowest BCUT2D eigenvalue weighted by atomic mass is 9.96. The highest BCUT2D eigenvalue weighted by atomic mass is 35.5. The quantitative estimate of drug-likeness (QED) is 0.147. The van der Waals surface area contributed by atoms with Gasteiger partial charge in [-0.2, -0.15) is 9.97 Å². The zero-order valence-corrected chi connectivity index (χ0v) is 26.8. The number of benzene rings is 3. The van der Waals surface area contributed by atoms with E-state index in [9.17, 15) is 9.18 Å². The van der Waals surface area contributed by atoms with Crippen LogP contribution in [0.5, 0.6) is 6.01 Å². The fourth-order valence-electron chi connectivity index (χ4n) is 7.05. The number of nitrogens with zero attached hydrogens (tertiary/aromatic N) is 6. The first-order chi connectivity index (χ1) is 22.8. The lowest BCUT2D eigenvalue weighted by Gasteiger charge is -2.39. The van der Waals surface area contributed by atoms with Crippen LogP contribution in [-0.2, 0) is 4.79 Å². The second-order valence-electron chi connectivity index (χ2n) is 12.9. The molecule has 2 saturated heterocycles. The molecule has 0 radical (unpaired) electrons. The molecule has 3 fully saturated rings. The molecule has 2 aliphatic heterocycles. The van der Waals surface area contributed by atoms with E-state index in [2.05, 4.69) is 21.3 Å². The molecule has 3 heterocycles. The van der Waals surface area contributed by atoms with Crippen molar-refractivity contribution in [2.45, 2.75) is 31.7 Å². The van der Waals surface area contributed by atoms with Gasteiger partial charge < -0.3 is 24.3 Å². The number of anilines is 1. The molecular formula is C36H35ClF2N6O2. The normalized spacial score (nSPS) is 19.2. The molecule has 1 saturated carbocycles. The van der Waals surface area contributed by atoms with Crippen LogP contribution in [0, 0.1) is 23.6 Å². The highest BCUT2D eigenvalue weighted by Crippen LogP contribution is 2.47. The van der Waals surface area contributed by atoms with Gasteiger partial charge in [-0.3, -0.25) is 4.79 Å². The third kappa shape index (κ3) is 5.99. The number of halogens is 3. The molecule has 1 atom stereocenters. The molecular weight excluding hydrogens is 622 g/mol. The number of carbonyl (C=O) groups excluding carboxylic acids is 1. The summed E-state index contributed by atoms with van der Waals surface area (Å²) in [6.45, 7) is 15.9. The van der Waals surface area contributed by atoms with Crippen LogP contribution in [0.2, 0.25) is 5.02 Å². The van der Waals surface area contributed by atoms with Gasteiger partial charge in [0, 0.05) is 47.9 Å². The molecule has 1 aliphatic carbocycles. The topological polar surface area (TPSA) is 66.2 Å². The third-order valence-corrected chi connectivity index (χ3v) is 10.1. The van der Waals surface area contributed by atoms with Gasteiger partial charge in [-0.15, -0.1) is 0 Å². The first-order valence-electron chi connectivity index (χ1n) is 16.0. The van der Waals surface area contributed by atoms with Crippen molar-refractivity contribution in [3.8, 4) is 17.1 Å². The Labute approximate surface area is 277 Å². The monoisotopic (exact) mass is 656 g/mol. The minimum absolute atomic E-state index is 0.0321. The van der Waals surface area contributed by atoms with Crippen molar-refractivity contribution in [2.24, 2.45) is 5.41 Å². The van der Waals surface area contributed by atoms with Gasteiger partial charge in [0.25, 0.3) is 0 Å².